The van der Waals surface area contributed by atoms with Crippen LogP contribution >= 0.6 is 0 Å². The molecule has 0 saturated carbocycles. The van der Waals surface area contributed by atoms with Gasteiger partial charge in [-0.15, -0.1) is 0 Å². The van der Waals surface area contributed by atoms with Crippen LogP contribution in [0.5, 0.6) is 11.6 Å². The van der Waals surface area contributed by atoms with Gasteiger partial charge < -0.3 is 14.6 Å². The molecule has 0 spiro atoms. The van der Waals surface area contributed by atoms with Crippen molar-refractivity contribution in [2.24, 2.45) is 0 Å². The van der Waals surface area contributed by atoms with Crippen molar-refractivity contribution in [3.05, 3.63) is 48.0 Å². The van der Waals surface area contributed by atoms with Crippen molar-refractivity contribution >= 4 is 11.6 Å². The number of alkyl halides is 3. The van der Waals surface area contributed by atoms with Crippen molar-refractivity contribution in [3.8, 4) is 22.9 Å². The summed E-state index contributed by atoms with van der Waals surface area (Å²) in [6, 6.07) is 3.00. The molecule has 0 aromatic carbocycles. The number of aliphatic hydroxyl groups is 1. The van der Waals surface area contributed by atoms with Crippen molar-refractivity contribution < 1.29 is 32.5 Å². The summed E-state index contributed by atoms with van der Waals surface area (Å²) in [6.45, 7) is -0.573. The molecule has 0 fully saturated rings. The Bertz CT molecular complexity index is 1180. The molecule has 1 amide bonds. The van der Waals surface area contributed by atoms with E-state index >= 15 is 0 Å². The number of aromatic nitrogens is 4. The van der Waals surface area contributed by atoms with Gasteiger partial charge in [-0.3, -0.25) is 19.4 Å². The van der Waals surface area contributed by atoms with E-state index in [0.717, 1.165) is 10.9 Å². The minimum absolute atomic E-state index is 0.0745. The Balaban J connectivity index is 1.61. The maximum absolute atomic E-state index is 13.3. The number of rotatable bonds is 7. The van der Waals surface area contributed by atoms with Gasteiger partial charge in [-0.25, -0.2) is 4.98 Å². The number of amides is 1. The number of halogens is 3. The van der Waals surface area contributed by atoms with E-state index < -0.39 is 25.2 Å². The van der Waals surface area contributed by atoms with Crippen molar-refractivity contribution in [1.29, 1.82) is 0 Å². The van der Waals surface area contributed by atoms with E-state index in [9.17, 15) is 18.0 Å². The first-order chi connectivity index (χ1) is 15.8. The summed E-state index contributed by atoms with van der Waals surface area (Å²) in [5.74, 6) is 0.350. The summed E-state index contributed by atoms with van der Waals surface area (Å²) in [7, 11) is 2.96. The van der Waals surface area contributed by atoms with E-state index in [4.69, 9.17) is 14.6 Å². The number of aliphatic hydroxyl groups excluding tert-OH is 1. The maximum Gasteiger partial charge on any atom is 0.410 e. The molecule has 0 aliphatic carbocycles. The quantitative estimate of drug-likeness (QED) is 0.575. The van der Waals surface area contributed by atoms with Crippen molar-refractivity contribution in [2.45, 2.75) is 25.2 Å². The summed E-state index contributed by atoms with van der Waals surface area (Å²) < 4.78 is 51.0. The second-order valence-electron chi connectivity index (χ2n) is 7.27. The highest BCUT2D eigenvalue weighted by atomic mass is 19.4. The first kappa shape index (κ1) is 22.5. The Hall–Kier alpha value is -3.67. The van der Waals surface area contributed by atoms with E-state index in [2.05, 4.69) is 15.1 Å². The van der Waals surface area contributed by atoms with Crippen LogP contribution in [0.4, 0.5) is 18.9 Å². The molecule has 1 N–H and O–H groups in total. The summed E-state index contributed by atoms with van der Waals surface area (Å²) in [6.07, 6.45) is -1.22. The third-order valence-electron chi connectivity index (χ3n) is 5.28. The number of carbonyl (C=O) groups is 1. The highest BCUT2D eigenvalue weighted by molar-refractivity contribution is 6.09. The van der Waals surface area contributed by atoms with E-state index in [1.54, 1.807) is 24.4 Å². The minimum Gasteiger partial charge on any atom is -0.491 e. The van der Waals surface area contributed by atoms with Crippen molar-refractivity contribution in [1.82, 2.24) is 19.7 Å². The number of ether oxygens (including phenoxy) is 2. The fourth-order valence-corrected chi connectivity index (χ4v) is 3.63. The smallest absolute Gasteiger partial charge is 0.410 e. The van der Waals surface area contributed by atoms with Gasteiger partial charge in [0, 0.05) is 31.0 Å². The van der Waals surface area contributed by atoms with Crippen LogP contribution in [-0.2, 0) is 6.54 Å². The van der Waals surface area contributed by atoms with Gasteiger partial charge in [-0.05, 0) is 18.2 Å². The molecule has 4 heterocycles. The van der Waals surface area contributed by atoms with Crippen LogP contribution in [0.1, 0.15) is 28.5 Å². The van der Waals surface area contributed by atoms with Gasteiger partial charge in [0.05, 0.1) is 49.6 Å². The van der Waals surface area contributed by atoms with Gasteiger partial charge in [0.1, 0.15) is 6.04 Å². The zero-order valence-electron chi connectivity index (χ0n) is 17.7. The highest BCUT2D eigenvalue weighted by Gasteiger charge is 2.41. The zero-order valence-corrected chi connectivity index (χ0v) is 17.7. The lowest BCUT2D eigenvalue weighted by Crippen LogP contribution is -2.28. The first-order valence-electron chi connectivity index (χ1n) is 9.88. The summed E-state index contributed by atoms with van der Waals surface area (Å²) in [5.41, 5.74) is 2.23. The molecule has 0 radical (unpaired) electrons. The lowest BCUT2D eigenvalue weighted by Gasteiger charge is -2.20. The van der Waals surface area contributed by atoms with Gasteiger partial charge >= 0.3 is 6.18 Å². The van der Waals surface area contributed by atoms with Gasteiger partial charge in [0.25, 0.3) is 11.8 Å². The molecule has 174 valence electrons. The van der Waals surface area contributed by atoms with Crippen LogP contribution in [-0.4, -0.2) is 57.8 Å². The Labute approximate surface area is 186 Å². The SMILES string of the molecule is COc1cc(-c2ccc3c(n2)CN(c2cnn([C@H](CCO)C(F)(F)F)c2)C3=O)cnc1OC. The molecule has 3 aromatic heterocycles. The van der Waals surface area contributed by atoms with Gasteiger partial charge in [0.2, 0.25) is 0 Å². The van der Waals surface area contributed by atoms with E-state index in [0.29, 0.717) is 34.1 Å². The molecule has 0 unspecified atom stereocenters. The lowest BCUT2D eigenvalue weighted by molar-refractivity contribution is -0.173. The Morgan fingerprint density at radius 1 is 1.21 bits per heavy atom. The summed E-state index contributed by atoms with van der Waals surface area (Å²) >= 11 is 0. The number of anilines is 1. The second kappa shape index (κ2) is 8.70. The fourth-order valence-electron chi connectivity index (χ4n) is 3.63. The van der Waals surface area contributed by atoms with Gasteiger partial charge in [0.15, 0.2) is 5.75 Å². The molecular formula is C21H20F3N5O4. The van der Waals surface area contributed by atoms with E-state index in [-0.39, 0.29) is 18.1 Å². The normalized spacial score (nSPS) is 14.4. The predicted octanol–water partition coefficient (Wildman–Crippen LogP) is 3.00. The zero-order chi connectivity index (χ0) is 23.8. The third-order valence-corrected chi connectivity index (χ3v) is 5.28. The molecular weight excluding hydrogens is 443 g/mol. The molecule has 1 aliphatic rings. The average molecular weight is 463 g/mol. The molecule has 3 aromatic rings. The molecule has 1 aliphatic heterocycles. The number of carbonyl (C=O) groups excluding carboxylic acids is 1. The van der Waals surface area contributed by atoms with E-state index in [1.807, 2.05) is 0 Å². The number of pyridine rings is 2. The van der Waals surface area contributed by atoms with Crippen molar-refractivity contribution in [3.63, 3.8) is 0 Å². The summed E-state index contributed by atoms with van der Waals surface area (Å²) in [4.78, 5) is 22.9. The maximum atomic E-state index is 13.3. The minimum atomic E-state index is -4.59. The number of fused-ring (bicyclic) bond motifs is 1. The molecule has 4 rings (SSSR count). The average Bonchev–Trinajstić information content (AvgIpc) is 3.40. The van der Waals surface area contributed by atoms with Crippen LogP contribution in [0.15, 0.2) is 36.8 Å². The van der Waals surface area contributed by atoms with Crippen molar-refractivity contribution in [2.75, 3.05) is 25.7 Å². The molecule has 33 heavy (non-hydrogen) atoms. The lowest BCUT2D eigenvalue weighted by atomic mass is 10.1. The predicted molar refractivity (Wildman–Crippen MR) is 110 cm³/mol. The molecule has 1 atom stereocenters. The standard InChI is InChI=1S/C21H20F3N5O4/c1-32-17-7-12(8-25-19(17)33-2)15-4-3-14-16(27-15)11-28(20(14)31)13-9-26-29(10-13)18(5-6-30)21(22,23)24/h3-4,7-10,18,30H,5-6,11H2,1-2H3/t18-/m1/s1. The largest absolute Gasteiger partial charge is 0.491 e. The topological polar surface area (TPSA) is 103 Å². The monoisotopic (exact) mass is 463 g/mol. The Morgan fingerprint density at radius 2 is 2.00 bits per heavy atom. The second-order valence-corrected chi connectivity index (χ2v) is 7.27. The molecule has 0 bridgehead atoms. The van der Waals surface area contributed by atoms with Gasteiger partial charge in [-0.1, -0.05) is 0 Å². The van der Waals surface area contributed by atoms with E-state index in [1.165, 1.54) is 25.3 Å². The van der Waals surface area contributed by atoms with Crippen LogP contribution in [0.25, 0.3) is 11.3 Å². The number of nitrogens with zero attached hydrogens (tertiary/aromatic N) is 5. The number of hydrogen-bond acceptors (Lipinski definition) is 7. The van der Waals surface area contributed by atoms with Crippen LogP contribution in [0.2, 0.25) is 0 Å². The molecule has 0 saturated heterocycles. The third kappa shape index (κ3) is 4.21. The Morgan fingerprint density at radius 3 is 2.67 bits per heavy atom. The molecule has 9 nitrogen and oxygen atoms in total. The number of methoxy groups -OCH3 is 2. The van der Waals surface area contributed by atoms with Crippen LogP contribution in [0.3, 0.4) is 0 Å². The van der Waals surface area contributed by atoms with Crippen LogP contribution in [0, 0.1) is 0 Å². The fraction of sp³-hybridized carbons (Fsp3) is 0.333. The van der Waals surface area contributed by atoms with Gasteiger partial charge in [-0.2, -0.15) is 18.3 Å². The summed E-state index contributed by atoms with van der Waals surface area (Å²) in [5, 5.41) is 12.8. The molecule has 12 heteroatoms. The highest BCUT2D eigenvalue weighted by Crippen LogP contribution is 2.35. The number of hydrogen-bond donors (Lipinski definition) is 1. The Kier molecular flexibility index (Phi) is 5.93. The first-order valence-corrected chi connectivity index (χ1v) is 9.88. The van der Waals surface area contributed by atoms with Crippen LogP contribution < -0.4 is 14.4 Å².